The minimum atomic E-state index is 0.134. The van der Waals surface area contributed by atoms with Gasteiger partial charge in [-0.2, -0.15) is 0 Å². The first kappa shape index (κ1) is 22.5. The first-order chi connectivity index (χ1) is 17.2. The van der Waals surface area contributed by atoms with Gasteiger partial charge in [-0.05, 0) is 63.9 Å². The Morgan fingerprint density at radius 3 is 2.71 bits per heavy atom. The minimum Gasteiger partial charge on any atom is -0.338 e. The topological polar surface area (TPSA) is 58.7 Å². The highest BCUT2D eigenvalue weighted by molar-refractivity contribution is 7.09. The third-order valence-corrected chi connectivity index (χ3v) is 8.29. The molecule has 4 aromatic rings. The van der Waals surface area contributed by atoms with Gasteiger partial charge in [0.25, 0.3) is 5.91 Å². The molecule has 2 aliphatic heterocycles. The molecular weight excluding hydrogens is 456 g/mol. The summed E-state index contributed by atoms with van der Waals surface area (Å²) in [5.41, 5.74) is 4.55. The van der Waals surface area contributed by atoms with E-state index in [1.54, 1.807) is 11.3 Å². The lowest BCUT2D eigenvalue weighted by atomic mass is 9.99. The second-order valence-electron chi connectivity index (χ2n) is 9.81. The molecule has 0 saturated carbocycles. The molecule has 7 nitrogen and oxygen atoms in total. The van der Waals surface area contributed by atoms with Gasteiger partial charge in [-0.25, -0.2) is 9.97 Å². The van der Waals surface area contributed by atoms with Crippen molar-refractivity contribution in [3.63, 3.8) is 0 Å². The Labute approximate surface area is 210 Å². The van der Waals surface area contributed by atoms with Crippen LogP contribution in [0.2, 0.25) is 0 Å². The van der Waals surface area contributed by atoms with Crippen LogP contribution in [0.15, 0.2) is 48.4 Å². The first-order valence-corrected chi connectivity index (χ1v) is 13.6. The molecule has 4 aromatic heterocycles. The number of thiazole rings is 1. The van der Waals surface area contributed by atoms with Crippen LogP contribution in [-0.2, 0) is 6.54 Å². The number of pyridine rings is 1. The number of carbonyl (C=O) groups is 1. The number of fused-ring (bicyclic) bond motifs is 1. The van der Waals surface area contributed by atoms with Crippen molar-refractivity contribution < 1.29 is 4.79 Å². The molecule has 35 heavy (non-hydrogen) atoms. The molecular formula is C27H32N6OS. The van der Waals surface area contributed by atoms with E-state index < -0.39 is 0 Å². The lowest BCUT2D eigenvalue weighted by molar-refractivity contribution is 0.0592. The lowest BCUT2D eigenvalue weighted by Crippen LogP contribution is -2.48. The van der Waals surface area contributed by atoms with E-state index in [0.717, 1.165) is 59.1 Å². The maximum atomic E-state index is 13.7. The standard InChI is InChI=1S/C27H32N6OS/c1-20-29-21(18-35-20)16-30-17-24(28-19-30)26-15-23(25-7-3-6-12-33(25)26)27(34)32-13-8-22(9-14-32)31-10-4-2-5-11-31/h3,6-7,12,15,17-19,22H,2,4-5,8-11,13-14,16H2,1H3. The monoisotopic (exact) mass is 488 g/mol. The van der Waals surface area contributed by atoms with Crippen LogP contribution in [0.4, 0.5) is 0 Å². The highest BCUT2D eigenvalue weighted by Crippen LogP contribution is 2.28. The molecule has 182 valence electrons. The highest BCUT2D eigenvalue weighted by atomic mass is 32.1. The molecule has 2 fully saturated rings. The zero-order valence-corrected chi connectivity index (χ0v) is 21.1. The summed E-state index contributed by atoms with van der Waals surface area (Å²) in [6.07, 6.45) is 12.1. The Morgan fingerprint density at radius 2 is 1.94 bits per heavy atom. The Hall–Kier alpha value is -2.97. The van der Waals surface area contributed by atoms with Crippen molar-refractivity contribution in [3.05, 3.63) is 64.6 Å². The highest BCUT2D eigenvalue weighted by Gasteiger charge is 2.29. The van der Waals surface area contributed by atoms with Gasteiger partial charge in [0.2, 0.25) is 0 Å². The molecule has 0 N–H and O–H groups in total. The number of nitrogens with zero attached hydrogens (tertiary/aromatic N) is 6. The van der Waals surface area contributed by atoms with Gasteiger partial charge < -0.3 is 18.8 Å². The number of piperidine rings is 2. The molecule has 6 rings (SSSR count). The summed E-state index contributed by atoms with van der Waals surface area (Å²) in [7, 11) is 0. The fourth-order valence-electron chi connectivity index (χ4n) is 5.66. The third-order valence-electron chi connectivity index (χ3n) is 7.47. The van der Waals surface area contributed by atoms with Gasteiger partial charge in [-0.1, -0.05) is 12.5 Å². The fourth-order valence-corrected chi connectivity index (χ4v) is 6.26. The fraction of sp³-hybridized carbons (Fsp3) is 0.444. The SMILES string of the molecule is Cc1nc(Cn2cnc(-c3cc(C(=O)N4CCC(N5CCCCC5)CC4)c4ccccn34)c2)cs1. The molecule has 1 amide bonds. The number of aromatic nitrogens is 4. The average molecular weight is 489 g/mol. The summed E-state index contributed by atoms with van der Waals surface area (Å²) in [6, 6.07) is 8.69. The normalized spacial score (nSPS) is 17.9. The Morgan fingerprint density at radius 1 is 1.11 bits per heavy atom. The quantitative estimate of drug-likeness (QED) is 0.408. The van der Waals surface area contributed by atoms with Crippen molar-refractivity contribution in [1.82, 2.24) is 28.7 Å². The van der Waals surface area contributed by atoms with Gasteiger partial charge in [0, 0.05) is 36.9 Å². The van der Waals surface area contributed by atoms with E-state index >= 15 is 0 Å². The number of hydrogen-bond donors (Lipinski definition) is 0. The molecule has 0 aliphatic carbocycles. The Kier molecular flexibility index (Phi) is 6.16. The summed E-state index contributed by atoms with van der Waals surface area (Å²) < 4.78 is 4.15. The predicted octanol–water partition coefficient (Wildman–Crippen LogP) is 4.71. The van der Waals surface area contributed by atoms with Crippen LogP contribution in [0, 0.1) is 6.92 Å². The number of rotatable bonds is 5. The summed E-state index contributed by atoms with van der Waals surface area (Å²) in [5.74, 6) is 0.134. The molecule has 0 aromatic carbocycles. The number of carbonyl (C=O) groups excluding carboxylic acids is 1. The molecule has 0 unspecified atom stereocenters. The van der Waals surface area contributed by atoms with Gasteiger partial charge in [0.1, 0.15) is 5.69 Å². The Balaban J connectivity index is 1.22. The molecule has 0 atom stereocenters. The van der Waals surface area contributed by atoms with Crippen molar-refractivity contribution in [2.75, 3.05) is 26.2 Å². The predicted molar refractivity (Wildman–Crippen MR) is 139 cm³/mol. The second-order valence-corrected chi connectivity index (χ2v) is 10.9. The van der Waals surface area contributed by atoms with Gasteiger partial charge in [0.05, 0.1) is 40.3 Å². The van der Waals surface area contributed by atoms with Crippen LogP contribution in [0.3, 0.4) is 0 Å². The van der Waals surface area contributed by atoms with Crippen molar-refractivity contribution in [2.45, 2.75) is 51.6 Å². The largest absolute Gasteiger partial charge is 0.338 e. The molecule has 2 saturated heterocycles. The van der Waals surface area contributed by atoms with E-state index in [1.165, 1.54) is 32.4 Å². The van der Waals surface area contributed by atoms with Crippen LogP contribution in [0.1, 0.15) is 53.2 Å². The van der Waals surface area contributed by atoms with Crippen LogP contribution in [0.25, 0.3) is 16.9 Å². The van der Waals surface area contributed by atoms with Crippen molar-refractivity contribution in [2.24, 2.45) is 0 Å². The van der Waals surface area contributed by atoms with Gasteiger partial charge in [-0.15, -0.1) is 11.3 Å². The number of amides is 1. The molecule has 0 bridgehead atoms. The number of hydrogen-bond acceptors (Lipinski definition) is 5. The molecule has 2 aliphatic rings. The molecule has 0 radical (unpaired) electrons. The maximum Gasteiger partial charge on any atom is 0.256 e. The van der Waals surface area contributed by atoms with E-state index in [1.807, 2.05) is 49.9 Å². The van der Waals surface area contributed by atoms with E-state index in [0.29, 0.717) is 12.6 Å². The summed E-state index contributed by atoms with van der Waals surface area (Å²) in [4.78, 5) is 27.6. The van der Waals surface area contributed by atoms with Crippen LogP contribution in [-0.4, -0.2) is 66.9 Å². The van der Waals surface area contributed by atoms with Crippen LogP contribution < -0.4 is 0 Å². The summed E-state index contributed by atoms with van der Waals surface area (Å²) >= 11 is 1.66. The van der Waals surface area contributed by atoms with Gasteiger partial charge >= 0.3 is 0 Å². The smallest absolute Gasteiger partial charge is 0.256 e. The molecule has 0 spiro atoms. The van der Waals surface area contributed by atoms with Crippen LogP contribution >= 0.6 is 11.3 Å². The van der Waals surface area contributed by atoms with Crippen molar-refractivity contribution in [3.8, 4) is 11.4 Å². The van der Waals surface area contributed by atoms with Crippen molar-refractivity contribution >= 4 is 22.8 Å². The summed E-state index contributed by atoms with van der Waals surface area (Å²) in [5, 5.41) is 3.16. The van der Waals surface area contributed by atoms with E-state index in [4.69, 9.17) is 0 Å². The van der Waals surface area contributed by atoms with E-state index in [-0.39, 0.29) is 5.91 Å². The number of likely N-dealkylation sites (tertiary alicyclic amines) is 2. The first-order valence-electron chi connectivity index (χ1n) is 12.7. The average Bonchev–Trinajstić information content (AvgIpc) is 3.63. The van der Waals surface area contributed by atoms with E-state index in [9.17, 15) is 4.79 Å². The van der Waals surface area contributed by atoms with Crippen LogP contribution in [0.5, 0.6) is 0 Å². The number of imidazole rings is 1. The summed E-state index contributed by atoms with van der Waals surface area (Å²) in [6.45, 7) is 6.83. The van der Waals surface area contributed by atoms with Gasteiger partial charge in [0.15, 0.2) is 0 Å². The maximum absolute atomic E-state index is 13.7. The zero-order valence-electron chi connectivity index (χ0n) is 20.3. The third kappa shape index (κ3) is 4.52. The number of aryl methyl sites for hydroxylation is 1. The zero-order chi connectivity index (χ0) is 23.8. The molecule has 8 heteroatoms. The van der Waals surface area contributed by atoms with Crippen molar-refractivity contribution in [1.29, 1.82) is 0 Å². The van der Waals surface area contributed by atoms with Gasteiger partial charge in [-0.3, -0.25) is 4.79 Å². The second kappa shape index (κ2) is 9.59. The Bertz CT molecular complexity index is 1320. The van der Waals surface area contributed by atoms with E-state index in [2.05, 4.69) is 34.1 Å². The lowest BCUT2D eigenvalue weighted by Gasteiger charge is -2.40. The minimum absolute atomic E-state index is 0.134. The molecule has 6 heterocycles.